The number of thiazole rings is 1. The van der Waals surface area contributed by atoms with Crippen molar-refractivity contribution in [3.63, 3.8) is 0 Å². The summed E-state index contributed by atoms with van der Waals surface area (Å²) < 4.78 is 5.13. The number of benzene rings is 1. The first kappa shape index (κ1) is 24.9. The van der Waals surface area contributed by atoms with Gasteiger partial charge in [0.1, 0.15) is 16.4 Å². The van der Waals surface area contributed by atoms with E-state index in [0.29, 0.717) is 23.8 Å². The van der Waals surface area contributed by atoms with Crippen molar-refractivity contribution in [2.75, 3.05) is 11.9 Å². The molecule has 0 aliphatic heterocycles. The van der Waals surface area contributed by atoms with Crippen LogP contribution in [-0.2, 0) is 9.53 Å². The maximum Gasteiger partial charge on any atom is 0.407 e. The van der Waals surface area contributed by atoms with Crippen LogP contribution in [0.25, 0.3) is 10.6 Å². The van der Waals surface area contributed by atoms with Crippen molar-refractivity contribution in [3.05, 3.63) is 34.2 Å². The maximum atomic E-state index is 12.0. The van der Waals surface area contributed by atoms with Crippen molar-refractivity contribution in [2.24, 2.45) is 0 Å². The highest BCUT2D eigenvalue weighted by Gasteiger charge is 2.15. The molecule has 0 fully saturated rings. The quantitative estimate of drug-likeness (QED) is 0.537. The minimum Gasteiger partial charge on any atom is -0.444 e. The second-order valence-corrected chi connectivity index (χ2v) is 8.35. The second-order valence-electron chi connectivity index (χ2n) is 7.08. The molecular formula is C21H30ClN3O3S. The van der Waals surface area contributed by atoms with Crippen LogP contribution in [-0.4, -0.2) is 29.1 Å². The number of nitrogens with zero attached hydrogens (tertiary/aromatic N) is 1. The third-order valence-corrected chi connectivity index (χ3v) is 4.74. The molecule has 0 bridgehead atoms. The maximum absolute atomic E-state index is 12.0. The molecule has 0 saturated carbocycles. The zero-order valence-electron chi connectivity index (χ0n) is 17.9. The Hall–Kier alpha value is -2.12. The number of carbonyl (C=O) groups is 2. The lowest BCUT2D eigenvalue weighted by molar-refractivity contribution is -0.116. The molecule has 0 aliphatic carbocycles. The van der Waals surface area contributed by atoms with E-state index < -0.39 is 11.7 Å². The average Bonchev–Trinajstić information content (AvgIpc) is 3.10. The fraction of sp³-hybridized carbons (Fsp3) is 0.476. The molecule has 0 saturated heterocycles. The van der Waals surface area contributed by atoms with E-state index in [1.165, 1.54) is 11.3 Å². The summed E-state index contributed by atoms with van der Waals surface area (Å²) >= 11 is 7.59. The standard InChI is InChI=1S/C19H24ClN3O3S.C2H6/c1-12-7-8-13(10-14(12)20)17-23-15(11-27-17)22-16(24)6-5-9-21-18(25)26-19(2,3)4;1-2/h7-8,10-11H,5-6,9H2,1-4H3,(H,21,25)(H,22,24);1-2H3. The van der Waals surface area contributed by atoms with Gasteiger partial charge in [0.25, 0.3) is 0 Å². The largest absolute Gasteiger partial charge is 0.444 e. The van der Waals surface area contributed by atoms with Gasteiger partial charge in [0, 0.05) is 28.9 Å². The Morgan fingerprint density at radius 1 is 1.24 bits per heavy atom. The van der Waals surface area contributed by atoms with Crippen molar-refractivity contribution in [2.45, 2.75) is 60.0 Å². The predicted molar refractivity (Wildman–Crippen MR) is 121 cm³/mol. The molecule has 1 aromatic heterocycles. The lowest BCUT2D eigenvalue weighted by atomic mass is 10.1. The van der Waals surface area contributed by atoms with Gasteiger partial charge in [-0.3, -0.25) is 4.79 Å². The molecule has 0 spiro atoms. The summed E-state index contributed by atoms with van der Waals surface area (Å²) in [6, 6.07) is 5.76. The van der Waals surface area contributed by atoms with Crippen LogP contribution in [0.2, 0.25) is 5.02 Å². The zero-order chi connectivity index (χ0) is 22.0. The Balaban J connectivity index is 0.00000204. The predicted octanol–water partition coefficient (Wildman–Crippen LogP) is 6.04. The molecule has 1 aromatic carbocycles. The summed E-state index contributed by atoms with van der Waals surface area (Å²) in [4.78, 5) is 28.0. The Labute approximate surface area is 182 Å². The lowest BCUT2D eigenvalue weighted by Gasteiger charge is -2.19. The zero-order valence-corrected chi connectivity index (χ0v) is 19.5. The van der Waals surface area contributed by atoms with E-state index in [2.05, 4.69) is 15.6 Å². The highest BCUT2D eigenvalue weighted by molar-refractivity contribution is 7.13. The SMILES string of the molecule is CC.Cc1ccc(-c2nc(NC(=O)CCCNC(=O)OC(C)(C)C)cs2)cc1Cl. The van der Waals surface area contributed by atoms with Gasteiger partial charge in [-0.2, -0.15) is 0 Å². The Bertz CT molecular complexity index is 816. The van der Waals surface area contributed by atoms with E-state index in [9.17, 15) is 9.59 Å². The van der Waals surface area contributed by atoms with E-state index >= 15 is 0 Å². The summed E-state index contributed by atoms with van der Waals surface area (Å²) in [5.41, 5.74) is 1.38. The third kappa shape index (κ3) is 9.28. The summed E-state index contributed by atoms with van der Waals surface area (Å²) in [6.45, 7) is 11.7. The Morgan fingerprint density at radius 3 is 2.55 bits per heavy atom. The number of aromatic nitrogens is 1. The number of rotatable bonds is 6. The third-order valence-electron chi connectivity index (χ3n) is 3.44. The van der Waals surface area contributed by atoms with E-state index in [4.69, 9.17) is 16.3 Å². The molecule has 2 N–H and O–H groups in total. The Kier molecular flexibility index (Phi) is 10.1. The molecule has 0 unspecified atom stereocenters. The lowest BCUT2D eigenvalue weighted by Crippen LogP contribution is -2.33. The first-order valence-electron chi connectivity index (χ1n) is 9.63. The molecular weight excluding hydrogens is 410 g/mol. The smallest absolute Gasteiger partial charge is 0.407 e. The summed E-state index contributed by atoms with van der Waals surface area (Å²) in [7, 11) is 0. The molecule has 2 amide bonds. The van der Waals surface area contributed by atoms with Gasteiger partial charge in [0.2, 0.25) is 5.91 Å². The van der Waals surface area contributed by atoms with E-state index in [0.717, 1.165) is 16.1 Å². The average molecular weight is 440 g/mol. The highest BCUT2D eigenvalue weighted by atomic mass is 35.5. The molecule has 0 radical (unpaired) electrons. The normalized spacial score (nSPS) is 10.6. The number of carbonyl (C=O) groups excluding carboxylic acids is 2. The van der Waals surface area contributed by atoms with Gasteiger partial charge in [-0.25, -0.2) is 9.78 Å². The number of alkyl carbamates (subject to hydrolysis) is 1. The van der Waals surface area contributed by atoms with Gasteiger partial charge in [-0.15, -0.1) is 11.3 Å². The summed E-state index contributed by atoms with van der Waals surface area (Å²) in [5, 5.41) is 8.66. The van der Waals surface area contributed by atoms with Crippen LogP contribution in [0.3, 0.4) is 0 Å². The number of halogens is 1. The molecule has 0 aliphatic rings. The molecule has 8 heteroatoms. The Morgan fingerprint density at radius 2 is 1.93 bits per heavy atom. The second kappa shape index (κ2) is 11.8. The minimum absolute atomic E-state index is 0.153. The molecule has 0 atom stereocenters. The van der Waals surface area contributed by atoms with Gasteiger partial charge in [-0.05, 0) is 45.7 Å². The number of aryl methyl sites for hydroxylation is 1. The van der Waals surface area contributed by atoms with Gasteiger partial charge >= 0.3 is 6.09 Å². The fourth-order valence-corrected chi connectivity index (χ4v) is 3.08. The van der Waals surface area contributed by atoms with Gasteiger partial charge < -0.3 is 15.4 Å². The van der Waals surface area contributed by atoms with Gasteiger partial charge in [0.15, 0.2) is 0 Å². The van der Waals surface area contributed by atoms with Crippen LogP contribution >= 0.6 is 22.9 Å². The topological polar surface area (TPSA) is 80.3 Å². The van der Waals surface area contributed by atoms with E-state index in [1.807, 2.05) is 39.0 Å². The number of ether oxygens (including phenoxy) is 1. The van der Waals surface area contributed by atoms with Crippen LogP contribution < -0.4 is 10.6 Å². The fourth-order valence-electron chi connectivity index (χ4n) is 2.15. The molecule has 2 aromatic rings. The van der Waals surface area contributed by atoms with Gasteiger partial charge in [-0.1, -0.05) is 37.6 Å². The number of anilines is 1. The number of hydrogen-bond donors (Lipinski definition) is 2. The van der Waals surface area contributed by atoms with Crippen LogP contribution in [0.15, 0.2) is 23.6 Å². The molecule has 1 heterocycles. The highest BCUT2D eigenvalue weighted by Crippen LogP contribution is 2.29. The van der Waals surface area contributed by atoms with Crippen molar-refractivity contribution >= 4 is 40.8 Å². The van der Waals surface area contributed by atoms with Crippen LogP contribution in [0.4, 0.5) is 10.6 Å². The number of amides is 2. The van der Waals surface area contributed by atoms with Crippen molar-refractivity contribution < 1.29 is 14.3 Å². The van der Waals surface area contributed by atoms with E-state index in [-0.39, 0.29) is 12.3 Å². The summed E-state index contributed by atoms with van der Waals surface area (Å²) in [6.07, 6.45) is 0.304. The monoisotopic (exact) mass is 439 g/mol. The van der Waals surface area contributed by atoms with Crippen LogP contribution in [0, 0.1) is 6.92 Å². The molecule has 160 valence electrons. The molecule has 2 rings (SSSR count). The first-order chi connectivity index (χ1) is 13.6. The van der Waals surface area contributed by atoms with Crippen molar-refractivity contribution in [3.8, 4) is 10.6 Å². The molecule has 29 heavy (non-hydrogen) atoms. The van der Waals surface area contributed by atoms with Crippen molar-refractivity contribution in [1.82, 2.24) is 10.3 Å². The summed E-state index contributed by atoms with van der Waals surface area (Å²) in [5.74, 6) is 0.358. The van der Waals surface area contributed by atoms with Gasteiger partial charge in [0.05, 0.1) is 0 Å². The van der Waals surface area contributed by atoms with Crippen LogP contribution in [0.1, 0.15) is 53.0 Å². The number of hydrogen-bond acceptors (Lipinski definition) is 5. The van der Waals surface area contributed by atoms with E-state index in [1.54, 1.807) is 26.2 Å². The number of nitrogens with one attached hydrogen (secondary N) is 2. The minimum atomic E-state index is -0.536. The first-order valence-corrected chi connectivity index (χ1v) is 10.9. The molecule has 6 nitrogen and oxygen atoms in total. The van der Waals surface area contributed by atoms with Crippen molar-refractivity contribution in [1.29, 1.82) is 0 Å². The van der Waals surface area contributed by atoms with Crippen LogP contribution in [0.5, 0.6) is 0 Å².